The molecule has 0 heterocycles. The number of halogens is 1. The van der Waals surface area contributed by atoms with Crippen molar-refractivity contribution in [2.24, 2.45) is 0 Å². The molecule has 21 heavy (non-hydrogen) atoms. The van der Waals surface area contributed by atoms with Crippen LogP contribution < -0.4 is 15.8 Å². The number of amides is 1. The maximum absolute atomic E-state index is 13.7. The minimum atomic E-state index is -0.708. The fraction of sp³-hybridized carbons (Fsp3) is 0.0667. The van der Waals surface area contributed by atoms with Gasteiger partial charge in [-0.2, -0.15) is 5.26 Å². The number of para-hydroxylation sites is 1. The molecule has 2 aromatic rings. The molecular formula is C15H12FN3O2. The van der Waals surface area contributed by atoms with E-state index in [1.54, 1.807) is 12.1 Å². The zero-order valence-corrected chi connectivity index (χ0v) is 11.2. The van der Waals surface area contributed by atoms with E-state index in [1.807, 2.05) is 6.07 Å². The normalized spacial score (nSPS) is 9.76. The van der Waals surface area contributed by atoms with Crippen LogP contribution in [-0.4, -0.2) is 13.0 Å². The minimum Gasteiger partial charge on any atom is -0.495 e. The van der Waals surface area contributed by atoms with Crippen LogP contribution in [0.2, 0.25) is 0 Å². The lowest BCUT2D eigenvalue weighted by molar-refractivity contribution is 0.102. The van der Waals surface area contributed by atoms with Crippen LogP contribution in [0, 0.1) is 17.1 Å². The quantitative estimate of drug-likeness (QED) is 0.848. The highest BCUT2D eigenvalue weighted by molar-refractivity contribution is 6.06. The topological polar surface area (TPSA) is 88.1 Å². The molecule has 0 saturated heterocycles. The molecule has 2 aromatic carbocycles. The molecule has 0 spiro atoms. The van der Waals surface area contributed by atoms with E-state index in [1.165, 1.54) is 25.3 Å². The largest absolute Gasteiger partial charge is 0.495 e. The van der Waals surface area contributed by atoms with E-state index in [4.69, 9.17) is 15.7 Å². The van der Waals surface area contributed by atoms with Crippen molar-refractivity contribution >= 4 is 17.3 Å². The van der Waals surface area contributed by atoms with E-state index >= 15 is 0 Å². The minimum absolute atomic E-state index is 0.189. The molecule has 0 radical (unpaired) electrons. The number of carbonyl (C=O) groups excluding carboxylic acids is 1. The summed E-state index contributed by atoms with van der Waals surface area (Å²) in [4.78, 5) is 12.2. The zero-order chi connectivity index (χ0) is 15.4. The van der Waals surface area contributed by atoms with E-state index in [0.717, 1.165) is 6.07 Å². The number of ether oxygens (including phenoxy) is 1. The number of anilines is 2. The summed E-state index contributed by atoms with van der Waals surface area (Å²) in [5.41, 5.74) is 6.01. The first-order valence-corrected chi connectivity index (χ1v) is 6.00. The molecule has 106 valence electrons. The highest BCUT2D eigenvalue weighted by Crippen LogP contribution is 2.28. The number of benzene rings is 2. The van der Waals surface area contributed by atoms with Gasteiger partial charge in [-0.25, -0.2) is 4.39 Å². The standard InChI is InChI=1S/C15H12FN3O2/c1-21-13-4-2-3-9(8-17)14(13)19-15(20)11-7-10(18)5-6-12(11)16/h2-7H,18H2,1H3,(H,19,20). The second-order valence-corrected chi connectivity index (χ2v) is 4.19. The molecule has 0 aliphatic heterocycles. The van der Waals surface area contributed by atoms with Crippen molar-refractivity contribution in [3.8, 4) is 11.8 Å². The van der Waals surface area contributed by atoms with Gasteiger partial charge in [-0.1, -0.05) is 6.07 Å². The Bertz CT molecular complexity index is 738. The molecule has 0 saturated carbocycles. The van der Waals surface area contributed by atoms with Crippen LogP contribution in [0.1, 0.15) is 15.9 Å². The SMILES string of the molecule is COc1cccc(C#N)c1NC(=O)c1cc(N)ccc1F. The lowest BCUT2D eigenvalue weighted by Gasteiger charge is -2.12. The van der Waals surface area contributed by atoms with Crippen molar-refractivity contribution in [2.75, 3.05) is 18.2 Å². The van der Waals surface area contributed by atoms with Gasteiger partial charge in [-0.3, -0.25) is 4.79 Å². The molecule has 3 N–H and O–H groups in total. The van der Waals surface area contributed by atoms with Gasteiger partial charge >= 0.3 is 0 Å². The van der Waals surface area contributed by atoms with Crippen LogP contribution >= 0.6 is 0 Å². The van der Waals surface area contributed by atoms with Crippen LogP contribution in [-0.2, 0) is 0 Å². The van der Waals surface area contributed by atoms with Gasteiger partial charge in [0.15, 0.2) is 0 Å². The molecule has 1 amide bonds. The molecule has 5 nitrogen and oxygen atoms in total. The fourth-order valence-electron chi connectivity index (χ4n) is 1.82. The number of nitrogens with one attached hydrogen (secondary N) is 1. The molecule has 0 bridgehead atoms. The van der Waals surface area contributed by atoms with E-state index in [2.05, 4.69) is 5.32 Å². The number of hydrogen-bond acceptors (Lipinski definition) is 4. The first-order chi connectivity index (χ1) is 10.1. The number of nitrogens with two attached hydrogens (primary N) is 1. The van der Waals surface area contributed by atoms with E-state index < -0.39 is 11.7 Å². The van der Waals surface area contributed by atoms with E-state index in [-0.39, 0.29) is 22.5 Å². The average Bonchev–Trinajstić information content (AvgIpc) is 2.49. The summed E-state index contributed by atoms with van der Waals surface area (Å²) >= 11 is 0. The predicted molar refractivity (Wildman–Crippen MR) is 76.5 cm³/mol. The molecule has 6 heteroatoms. The third-order valence-electron chi connectivity index (χ3n) is 2.84. The average molecular weight is 285 g/mol. The third kappa shape index (κ3) is 2.92. The predicted octanol–water partition coefficient (Wildman–Crippen LogP) is 2.54. The lowest BCUT2D eigenvalue weighted by Crippen LogP contribution is -2.15. The summed E-state index contributed by atoms with van der Waals surface area (Å²) in [6.07, 6.45) is 0. The summed E-state index contributed by atoms with van der Waals surface area (Å²) in [7, 11) is 1.41. The Morgan fingerprint density at radius 3 is 2.81 bits per heavy atom. The summed E-state index contributed by atoms with van der Waals surface area (Å²) in [5, 5.41) is 11.6. The number of methoxy groups -OCH3 is 1. The van der Waals surface area contributed by atoms with Crippen molar-refractivity contribution < 1.29 is 13.9 Å². The molecule has 0 atom stereocenters. The van der Waals surface area contributed by atoms with Crippen molar-refractivity contribution in [2.45, 2.75) is 0 Å². The Morgan fingerprint density at radius 1 is 1.38 bits per heavy atom. The van der Waals surface area contributed by atoms with Gasteiger partial charge in [-0.05, 0) is 30.3 Å². The van der Waals surface area contributed by atoms with Gasteiger partial charge in [0.05, 0.1) is 18.2 Å². The van der Waals surface area contributed by atoms with Gasteiger partial charge in [0.1, 0.15) is 23.3 Å². The third-order valence-corrected chi connectivity index (χ3v) is 2.84. The van der Waals surface area contributed by atoms with Crippen LogP contribution in [0.15, 0.2) is 36.4 Å². The molecular weight excluding hydrogens is 273 g/mol. The van der Waals surface area contributed by atoms with Crippen LogP contribution in [0.3, 0.4) is 0 Å². The monoisotopic (exact) mass is 285 g/mol. The van der Waals surface area contributed by atoms with Crippen LogP contribution in [0.25, 0.3) is 0 Å². The Balaban J connectivity index is 2.41. The Kier molecular flexibility index (Phi) is 4.05. The maximum Gasteiger partial charge on any atom is 0.258 e. The van der Waals surface area contributed by atoms with Crippen LogP contribution in [0.5, 0.6) is 5.75 Å². The Morgan fingerprint density at radius 2 is 2.14 bits per heavy atom. The summed E-state index contributed by atoms with van der Waals surface area (Å²) < 4.78 is 18.8. The highest BCUT2D eigenvalue weighted by Gasteiger charge is 2.16. The highest BCUT2D eigenvalue weighted by atomic mass is 19.1. The second kappa shape index (κ2) is 5.92. The zero-order valence-electron chi connectivity index (χ0n) is 11.2. The Hall–Kier alpha value is -3.07. The summed E-state index contributed by atoms with van der Waals surface area (Å²) in [6, 6.07) is 10.4. The number of nitrogen functional groups attached to an aromatic ring is 1. The smallest absolute Gasteiger partial charge is 0.258 e. The number of rotatable bonds is 3. The number of nitriles is 1. The molecule has 0 aliphatic rings. The van der Waals surface area contributed by atoms with Crippen molar-refractivity contribution in [1.29, 1.82) is 5.26 Å². The first-order valence-electron chi connectivity index (χ1n) is 6.00. The molecule has 0 aliphatic carbocycles. The van der Waals surface area contributed by atoms with Crippen molar-refractivity contribution in [3.63, 3.8) is 0 Å². The first kappa shape index (κ1) is 14.3. The van der Waals surface area contributed by atoms with E-state index in [9.17, 15) is 9.18 Å². The van der Waals surface area contributed by atoms with E-state index in [0.29, 0.717) is 5.75 Å². The lowest BCUT2D eigenvalue weighted by atomic mass is 10.1. The molecule has 0 aromatic heterocycles. The van der Waals surface area contributed by atoms with Crippen molar-refractivity contribution in [3.05, 3.63) is 53.3 Å². The molecule has 0 unspecified atom stereocenters. The maximum atomic E-state index is 13.7. The van der Waals surface area contributed by atoms with Gasteiger partial charge in [0, 0.05) is 5.69 Å². The summed E-state index contributed by atoms with van der Waals surface area (Å²) in [6.45, 7) is 0. The van der Waals surface area contributed by atoms with Gasteiger partial charge in [0.25, 0.3) is 5.91 Å². The number of nitrogens with zero attached hydrogens (tertiary/aromatic N) is 1. The van der Waals surface area contributed by atoms with Gasteiger partial charge in [-0.15, -0.1) is 0 Å². The van der Waals surface area contributed by atoms with Crippen molar-refractivity contribution in [1.82, 2.24) is 0 Å². The Labute approximate surface area is 120 Å². The molecule has 2 rings (SSSR count). The molecule has 0 fully saturated rings. The second-order valence-electron chi connectivity index (χ2n) is 4.19. The van der Waals surface area contributed by atoms with Gasteiger partial charge in [0.2, 0.25) is 0 Å². The van der Waals surface area contributed by atoms with Gasteiger partial charge < -0.3 is 15.8 Å². The fourth-order valence-corrected chi connectivity index (χ4v) is 1.82. The number of carbonyl (C=O) groups is 1. The summed E-state index contributed by atoms with van der Waals surface area (Å²) in [5.74, 6) is -1.09. The number of hydrogen-bond donors (Lipinski definition) is 2. The van der Waals surface area contributed by atoms with Crippen LogP contribution in [0.4, 0.5) is 15.8 Å².